The van der Waals surface area contributed by atoms with Crippen molar-refractivity contribution < 1.29 is 4.79 Å². The van der Waals surface area contributed by atoms with E-state index in [0.717, 1.165) is 35.6 Å². The number of hydrogen-bond acceptors (Lipinski definition) is 3. The molecule has 0 fully saturated rings. The lowest BCUT2D eigenvalue weighted by atomic mass is 10.2. The monoisotopic (exact) mass is 293 g/mol. The highest BCUT2D eigenvalue weighted by atomic mass is 16.1. The first-order valence-corrected chi connectivity index (χ1v) is 7.29. The fourth-order valence-electron chi connectivity index (χ4n) is 2.66. The molecule has 4 rings (SSSR count). The van der Waals surface area contributed by atoms with E-state index in [1.54, 1.807) is 10.9 Å². The van der Waals surface area contributed by atoms with Crippen LogP contribution in [0.1, 0.15) is 22.6 Å². The van der Waals surface area contributed by atoms with E-state index in [-0.39, 0.29) is 5.91 Å². The first-order valence-electron chi connectivity index (χ1n) is 7.29. The van der Waals surface area contributed by atoms with Crippen LogP contribution in [-0.2, 0) is 6.42 Å². The normalized spacial score (nSPS) is 14.3. The van der Waals surface area contributed by atoms with E-state index in [1.165, 1.54) is 0 Å². The van der Waals surface area contributed by atoms with Gasteiger partial charge in [0.2, 0.25) is 0 Å². The quantitative estimate of drug-likeness (QED) is 0.758. The van der Waals surface area contributed by atoms with Gasteiger partial charge in [0.15, 0.2) is 0 Å². The fraction of sp³-hybridized carbons (Fsp3) is 0.188. The average molecular weight is 293 g/mol. The van der Waals surface area contributed by atoms with Crippen LogP contribution in [0.2, 0.25) is 0 Å². The zero-order valence-electron chi connectivity index (χ0n) is 11.9. The van der Waals surface area contributed by atoms with Gasteiger partial charge in [-0.2, -0.15) is 5.10 Å². The van der Waals surface area contributed by atoms with Crippen molar-refractivity contribution in [2.45, 2.75) is 12.8 Å². The van der Waals surface area contributed by atoms with Gasteiger partial charge in [-0.1, -0.05) is 0 Å². The lowest BCUT2D eigenvalue weighted by Crippen LogP contribution is -2.23. The summed E-state index contributed by atoms with van der Waals surface area (Å²) < 4.78 is 1.80. The summed E-state index contributed by atoms with van der Waals surface area (Å²) >= 11 is 0. The topological polar surface area (TPSA) is 75.6 Å². The van der Waals surface area contributed by atoms with Gasteiger partial charge in [0, 0.05) is 30.2 Å². The van der Waals surface area contributed by atoms with Crippen molar-refractivity contribution in [3.8, 4) is 17.1 Å². The summed E-state index contributed by atoms with van der Waals surface area (Å²) in [7, 11) is 0. The van der Waals surface area contributed by atoms with Crippen LogP contribution in [0.15, 0.2) is 42.7 Å². The van der Waals surface area contributed by atoms with Crippen molar-refractivity contribution in [1.82, 2.24) is 25.1 Å². The van der Waals surface area contributed by atoms with Crippen LogP contribution < -0.4 is 5.32 Å². The van der Waals surface area contributed by atoms with Gasteiger partial charge in [-0.05, 0) is 43.2 Å². The Balaban J connectivity index is 1.68. The molecular weight excluding hydrogens is 278 g/mol. The summed E-state index contributed by atoms with van der Waals surface area (Å²) in [4.78, 5) is 19.7. The standard InChI is InChI=1S/C16H15N5O/c22-16-14-13(3-1-8-17-16)19-15(20-14)11-4-6-12(7-5-11)21-10-2-9-18-21/h2,4-7,9-10H,1,3,8H2,(H,17,22)(H,19,20). The predicted molar refractivity (Wildman–Crippen MR) is 81.8 cm³/mol. The number of aromatic nitrogens is 4. The zero-order valence-corrected chi connectivity index (χ0v) is 11.9. The molecule has 3 aromatic rings. The second-order valence-electron chi connectivity index (χ2n) is 5.27. The molecule has 6 nitrogen and oxygen atoms in total. The van der Waals surface area contributed by atoms with E-state index in [0.29, 0.717) is 12.2 Å². The average Bonchev–Trinajstić information content (AvgIpc) is 3.19. The Morgan fingerprint density at radius 3 is 2.82 bits per heavy atom. The Morgan fingerprint density at radius 2 is 2.05 bits per heavy atom. The number of carbonyl (C=O) groups is 1. The first-order chi connectivity index (χ1) is 10.8. The van der Waals surface area contributed by atoms with Crippen LogP contribution in [0.25, 0.3) is 17.1 Å². The van der Waals surface area contributed by atoms with Crippen LogP contribution in [0.3, 0.4) is 0 Å². The lowest BCUT2D eigenvalue weighted by molar-refractivity contribution is 0.0951. The summed E-state index contributed by atoms with van der Waals surface area (Å²) in [5.74, 6) is 0.636. The van der Waals surface area contributed by atoms with Crippen molar-refractivity contribution >= 4 is 5.91 Å². The van der Waals surface area contributed by atoms with Crippen LogP contribution in [-0.4, -0.2) is 32.2 Å². The van der Waals surface area contributed by atoms with Crippen LogP contribution in [0, 0.1) is 0 Å². The minimum absolute atomic E-state index is 0.0943. The summed E-state index contributed by atoms with van der Waals surface area (Å²) in [6.45, 7) is 0.705. The lowest BCUT2D eigenvalue weighted by Gasteiger charge is -2.02. The first kappa shape index (κ1) is 12.8. The molecule has 0 saturated heterocycles. The fourth-order valence-corrected chi connectivity index (χ4v) is 2.66. The summed E-state index contributed by atoms with van der Waals surface area (Å²) in [5, 5.41) is 7.06. The molecule has 0 unspecified atom stereocenters. The second kappa shape index (κ2) is 5.14. The Labute approximate surface area is 127 Å². The van der Waals surface area contributed by atoms with Crippen molar-refractivity contribution in [2.24, 2.45) is 0 Å². The number of aromatic amines is 1. The molecule has 1 amide bonds. The molecule has 6 heteroatoms. The van der Waals surface area contributed by atoms with Crippen molar-refractivity contribution in [3.05, 3.63) is 54.1 Å². The molecule has 0 atom stereocenters. The molecule has 0 radical (unpaired) electrons. The van der Waals surface area contributed by atoms with E-state index in [1.807, 2.05) is 36.5 Å². The smallest absolute Gasteiger partial charge is 0.271 e. The number of fused-ring (bicyclic) bond motifs is 1. The molecule has 0 saturated carbocycles. The molecule has 0 spiro atoms. The molecule has 0 bridgehead atoms. The minimum atomic E-state index is -0.0943. The highest BCUT2D eigenvalue weighted by Gasteiger charge is 2.20. The maximum absolute atomic E-state index is 12.0. The summed E-state index contributed by atoms with van der Waals surface area (Å²) in [5.41, 5.74) is 3.38. The number of amides is 1. The van der Waals surface area contributed by atoms with Crippen LogP contribution >= 0.6 is 0 Å². The Hall–Kier alpha value is -2.89. The number of nitrogens with one attached hydrogen (secondary N) is 2. The number of carbonyl (C=O) groups excluding carboxylic acids is 1. The van der Waals surface area contributed by atoms with Gasteiger partial charge in [0.05, 0.1) is 5.69 Å². The van der Waals surface area contributed by atoms with E-state index in [4.69, 9.17) is 0 Å². The van der Waals surface area contributed by atoms with Gasteiger partial charge in [-0.25, -0.2) is 9.67 Å². The van der Waals surface area contributed by atoms with Crippen LogP contribution in [0.5, 0.6) is 0 Å². The zero-order chi connectivity index (χ0) is 14.9. The summed E-state index contributed by atoms with van der Waals surface area (Å²) in [6.07, 6.45) is 5.41. The SMILES string of the molecule is O=C1NCCCc2[nH]c(-c3ccc(-n4cccn4)cc3)nc21. The molecule has 3 heterocycles. The number of nitrogens with zero attached hydrogens (tertiary/aromatic N) is 3. The Bertz CT molecular complexity index is 802. The number of H-pyrrole nitrogens is 1. The molecule has 22 heavy (non-hydrogen) atoms. The minimum Gasteiger partial charge on any atom is -0.351 e. The highest BCUT2D eigenvalue weighted by molar-refractivity contribution is 5.94. The third-order valence-corrected chi connectivity index (χ3v) is 3.79. The number of benzene rings is 1. The highest BCUT2D eigenvalue weighted by Crippen LogP contribution is 2.21. The van der Waals surface area contributed by atoms with E-state index < -0.39 is 0 Å². The predicted octanol–water partition coefficient (Wildman–Crippen LogP) is 1.94. The van der Waals surface area contributed by atoms with Crippen molar-refractivity contribution in [3.63, 3.8) is 0 Å². The largest absolute Gasteiger partial charge is 0.351 e. The van der Waals surface area contributed by atoms with E-state index in [9.17, 15) is 4.79 Å². The van der Waals surface area contributed by atoms with Crippen LogP contribution in [0.4, 0.5) is 0 Å². The molecule has 2 aromatic heterocycles. The molecule has 1 aliphatic heterocycles. The number of imidazole rings is 1. The van der Waals surface area contributed by atoms with Gasteiger partial charge >= 0.3 is 0 Å². The number of rotatable bonds is 2. The summed E-state index contributed by atoms with van der Waals surface area (Å²) in [6, 6.07) is 9.81. The molecule has 110 valence electrons. The Kier molecular flexibility index (Phi) is 3.00. The third kappa shape index (κ3) is 2.18. The van der Waals surface area contributed by atoms with E-state index >= 15 is 0 Å². The van der Waals surface area contributed by atoms with Gasteiger partial charge in [-0.3, -0.25) is 4.79 Å². The molecule has 0 aliphatic carbocycles. The van der Waals surface area contributed by atoms with Gasteiger partial charge in [0.25, 0.3) is 5.91 Å². The molecule has 1 aliphatic rings. The molecule has 1 aromatic carbocycles. The number of hydrogen-bond donors (Lipinski definition) is 2. The third-order valence-electron chi connectivity index (χ3n) is 3.79. The van der Waals surface area contributed by atoms with Gasteiger partial charge < -0.3 is 10.3 Å². The van der Waals surface area contributed by atoms with E-state index in [2.05, 4.69) is 20.4 Å². The number of aryl methyl sites for hydroxylation is 1. The van der Waals surface area contributed by atoms with Crippen molar-refractivity contribution in [1.29, 1.82) is 0 Å². The molecular formula is C16H15N5O. The Morgan fingerprint density at radius 1 is 1.18 bits per heavy atom. The maximum atomic E-state index is 12.0. The van der Waals surface area contributed by atoms with Gasteiger partial charge in [-0.15, -0.1) is 0 Å². The van der Waals surface area contributed by atoms with Crippen molar-refractivity contribution in [2.75, 3.05) is 6.54 Å². The second-order valence-corrected chi connectivity index (χ2v) is 5.27. The maximum Gasteiger partial charge on any atom is 0.271 e. The molecule has 2 N–H and O–H groups in total. The van der Waals surface area contributed by atoms with Gasteiger partial charge in [0.1, 0.15) is 11.5 Å².